The lowest BCUT2D eigenvalue weighted by Gasteiger charge is -2.30. The molecule has 0 aliphatic carbocycles. The van der Waals surface area contributed by atoms with Gasteiger partial charge in [-0.3, -0.25) is 0 Å². The lowest BCUT2D eigenvalue weighted by Crippen LogP contribution is -2.40. The maximum Gasteiger partial charge on any atom is 0.0964 e. The third-order valence-corrected chi connectivity index (χ3v) is 4.20. The quantitative estimate of drug-likeness (QED) is 0.827. The molecule has 1 heterocycles. The van der Waals surface area contributed by atoms with E-state index in [-0.39, 0.29) is 11.5 Å². The molecule has 0 aromatic heterocycles. The summed E-state index contributed by atoms with van der Waals surface area (Å²) >= 11 is 12.3. The van der Waals surface area contributed by atoms with Gasteiger partial charge in [0.25, 0.3) is 0 Å². The third kappa shape index (κ3) is 3.85. The second-order valence-corrected chi connectivity index (χ2v) is 6.98. The van der Waals surface area contributed by atoms with E-state index in [1.807, 2.05) is 12.1 Å². The molecule has 19 heavy (non-hydrogen) atoms. The number of hydrogen-bond donors (Lipinski definition) is 1. The van der Waals surface area contributed by atoms with E-state index in [0.29, 0.717) is 16.1 Å². The van der Waals surface area contributed by atoms with Gasteiger partial charge in [0.05, 0.1) is 6.10 Å². The highest BCUT2D eigenvalue weighted by molar-refractivity contribution is 6.33. The molecule has 1 saturated heterocycles. The van der Waals surface area contributed by atoms with Gasteiger partial charge in [0.1, 0.15) is 0 Å². The Labute approximate surface area is 125 Å². The van der Waals surface area contributed by atoms with E-state index < -0.39 is 0 Å². The van der Waals surface area contributed by atoms with E-state index in [9.17, 15) is 0 Å². The molecule has 2 unspecified atom stereocenters. The van der Waals surface area contributed by atoms with Crippen molar-refractivity contribution in [2.24, 2.45) is 5.41 Å². The highest BCUT2D eigenvalue weighted by Crippen LogP contribution is 2.31. The van der Waals surface area contributed by atoms with Crippen LogP contribution in [-0.2, 0) is 4.74 Å². The fourth-order valence-electron chi connectivity index (χ4n) is 2.44. The van der Waals surface area contributed by atoms with Crippen LogP contribution in [0.5, 0.6) is 0 Å². The van der Waals surface area contributed by atoms with Crippen molar-refractivity contribution in [3.8, 4) is 0 Å². The number of ether oxygens (including phenoxy) is 1. The molecule has 1 aromatic carbocycles. The molecule has 106 valence electrons. The van der Waals surface area contributed by atoms with Gasteiger partial charge in [0, 0.05) is 34.8 Å². The number of benzene rings is 1. The zero-order valence-corrected chi connectivity index (χ0v) is 13.2. The molecule has 1 aliphatic rings. The maximum absolute atomic E-state index is 6.24. The molecule has 2 nitrogen and oxygen atoms in total. The molecular formula is C15H21Cl2NO. The van der Waals surface area contributed by atoms with Crippen LogP contribution in [-0.4, -0.2) is 19.2 Å². The van der Waals surface area contributed by atoms with Gasteiger partial charge < -0.3 is 10.1 Å². The number of rotatable bonds is 1. The average molecular weight is 302 g/mol. The molecule has 1 fully saturated rings. The smallest absolute Gasteiger partial charge is 0.0964 e. The van der Waals surface area contributed by atoms with Crippen LogP contribution in [0.15, 0.2) is 18.2 Å². The summed E-state index contributed by atoms with van der Waals surface area (Å²) in [7, 11) is 0. The monoisotopic (exact) mass is 301 g/mol. The highest BCUT2D eigenvalue weighted by atomic mass is 35.5. The SMILES string of the molecule is CC(C)(C)C1CCOC(c2cc(Cl)ccc2Cl)CN1. The van der Waals surface area contributed by atoms with Gasteiger partial charge >= 0.3 is 0 Å². The zero-order chi connectivity index (χ0) is 14.0. The second-order valence-electron chi connectivity index (χ2n) is 6.14. The number of halogens is 2. The summed E-state index contributed by atoms with van der Waals surface area (Å²) < 4.78 is 5.94. The van der Waals surface area contributed by atoms with Crippen molar-refractivity contribution in [2.75, 3.05) is 13.2 Å². The Kier molecular flexibility index (Phi) is 4.78. The second kappa shape index (κ2) is 6.01. The van der Waals surface area contributed by atoms with Crippen molar-refractivity contribution in [1.29, 1.82) is 0 Å². The van der Waals surface area contributed by atoms with Crippen molar-refractivity contribution < 1.29 is 4.74 Å². The van der Waals surface area contributed by atoms with Crippen LogP contribution in [0.3, 0.4) is 0 Å². The third-order valence-electron chi connectivity index (χ3n) is 3.63. The maximum atomic E-state index is 6.24. The Morgan fingerprint density at radius 1 is 1.26 bits per heavy atom. The summed E-state index contributed by atoms with van der Waals surface area (Å²) in [6.45, 7) is 8.25. The standard InChI is InChI=1S/C15H21Cl2NO/c1-15(2,3)14-6-7-19-13(9-18-14)11-8-10(16)4-5-12(11)17/h4-5,8,13-14,18H,6-7,9H2,1-3H3. The van der Waals surface area contributed by atoms with Gasteiger partial charge in [0.2, 0.25) is 0 Å². The molecule has 4 heteroatoms. The summed E-state index contributed by atoms with van der Waals surface area (Å²) in [6, 6.07) is 5.98. The molecule has 0 amide bonds. The van der Waals surface area contributed by atoms with Crippen LogP contribution in [0.2, 0.25) is 10.0 Å². The van der Waals surface area contributed by atoms with Crippen molar-refractivity contribution in [3.63, 3.8) is 0 Å². The average Bonchev–Trinajstić information content (AvgIpc) is 2.57. The topological polar surface area (TPSA) is 21.3 Å². The molecule has 1 aliphatic heterocycles. The first kappa shape index (κ1) is 15.1. The van der Waals surface area contributed by atoms with Gasteiger partial charge in [-0.2, -0.15) is 0 Å². The van der Waals surface area contributed by atoms with Crippen molar-refractivity contribution in [3.05, 3.63) is 33.8 Å². The van der Waals surface area contributed by atoms with Crippen LogP contribution in [0, 0.1) is 5.41 Å². The summed E-state index contributed by atoms with van der Waals surface area (Å²) in [5.41, 5.74) is 1.20. The normalized spacial score (nSPS) is 25.1. The minimum atomic E-state index is -0.0291. The van der Waals surface area contributed by atoms with Gasteiger partial charge in [-0.15, -0.1) is 0 Å². The number of hydrogen-bond acceptors (Lipinski definition) is 2. The molecule has 2 rings (SSSR count). The van der Waals surface area contributed by atoms with E-state index in [4.69, 9.17) is 27.9 Å². The van der Waals surface area contributed by atoms with E-state index >= 15 is 0 Å². The molecule has 0 spiro atoms. The van der Waals surface area contributed by atoms with Crippen LogP contribution < -0.4 is 5.32 Å². The lowest BCUT2D eigenvalue weighted by molar-refractivity contribution is 0.0654. The van der Waals surface area contributed by atoms with Crippen molar-refractivity contribution >= 4 is 23.2 Å². The van der Waals surface area contributed by atoms with Gasteiger partial charge in [0.15, 0.2) is 0 Å². The molecule has 1 aromatic rings. The predicted molar refractivity (Wildman–Crippen MR) is 81.0 cm³/mol. The fraction of sp³-hybridized carbons (Fsp3) is 0.600. The van der Waals surface area contributed by atoms with E-state index in [0.717, 1.165) is 25.1 Å². The first-order valence-electron chi connectivity index (χ1n) is 6.68. The van der Waals surface area contributed by atoms with Gasteiger partial charge in [-0.25, -0.2) is 0 Å². The van der Waals surface area contributed by atoms with Crippen molar-refractivity contribution in [2.45, 2.75) is 39.3 Å². The molecule has 0 radical (unpaired) electrons. The zero-order valence-electron chi connectivity index (χ0n) is 11.7. The minimum absolute atomic E-state index is 0.0291. The Hall–Kier alpha value is -0.280. The summed E-state index contributed by atoms with van der Waals surface area (Å²) in [5, 5.41) is 5.00. The highest BCUT2D eigenvalue weighted by Gasteiger charge is 2.28. The minimum Gasteiger partial charge on any atom is -0.372 e. The fourth-order valence-corrected chi connectivity index (χ4v) is 2.86. The summed E-state index contributed by atoms with van der Waals surface area (Å²) in [6.07, 6.45) is 0.983. The number of nitrogens with one attached hydrogen (secondary N) is 1. The first-order valence-corrected chi connectivity index (χ1v) is 7.43. The van der Waals surface area contributed by atoms with E-state index in [1.54, 1.807) is 6.07 Å². The van der Waals surface area contributed by atoms with E-state index in [1.165, 1.54) is 0 Å². The Morgan fingerprint density at radius 2 is 2.00 bits per heavy atom. The predicted octanol–water partition coefficient (Wildman–Crippen LogP) is 4.46. The summed E-state index contributed by atoms with van der Waals surface area (Å²) in [5.74, 6) is 0. The van der Waals surface area contributed by atoms with E-state index in [2.05, 4.69) is 26.1 Å². The lowest BCUT2D eigenvalue weighted by atomic mass is 9.85. The molecule has 1 N–H and O–H groups in total. The van der Waals surface area contributed by atoms with Crippen LogP contribution in [0.4, 0.5) is 0 Å². The van der Waals surface area contributed by atoms with Gasteiger partial charge in [-0.1, -0.05) is 44.0 Å². The Morgan fingerprint density at radius 3 is 2.68 bits per heavy atom. The van der Waals surface area contributed by atoms with Gasteiger partial charge in [-0.05, 0) is 30.0 Å². The summed E-state index contributed by atoms with van der Waals surface area (Å²) in [4.78, 5) is 0. The van der Waals surface area contributed by atoms with Crippen LogP contribution in [0.25, 0.3) is 0 Å². The van der Waals surface area contributed by atoms with Crippen LogP contribution in [0.1, 0.15) is 38.9 Å². The molecule has 0 saturated carbocycles. The molecule has 0 bridgehead atoms. The van der Waals surface area contributed by atoms with Crippen LogP contribution >= 0.6 is 23.2 Å². The first-order chi connectivity index (χ1) is 8.88. The van der Waals surface area contributed by atoms with Crippen molar-refractivity contribution in [1.82, 2.24) is 5.32 Å². The largest absolute Gasteiger partial charge is 0.372 e. The Bertz CT molecular complexity index is 442. The molecule has 2 atom stereocenters. The Balaban J connectivity index is 2.13. The molecular weight excluding hydrogens is 281 g/mol.